The first-order chi connectivity index (χ1) is 11.8. The number of furan rings is 1. The number of nitrogens with one attached hydrogen (secondary N) is 1. The van der Waals surface area contributed by atoms with Crippen LogP contribution < -0.4 is 5.32 Å². The summed E-state index contributed by atoms with van der Waals surface area (Å²) in [6.45, 7) is 0.247. The molecule has 0 saturated heterocycles. The van der Waals surface area contributed by atoms with Crippen LogP contribution in [0, 0.1) is 0 Å². The van der Waals surface area contributed by atoms with Gasteiger partial charge in [-0.05, 0) is 25.0 Å². The predicted octanol–water partition coefficient (Wildman–Crippen LogP) is 1.84. The van der Waals surface area contributed by atoms with E-state index < -0.39 is 0 Å². The Labute approximate surface area is 136 Å². The van der Waals surface area contributed by atoms with E-state index >= 15 is 0 Å². The largest absolute Gasteiger partial charge is 0.461 e. The molecule has 0 aromatic carbocycles. The van der Waals surface area contributed by atoms with Crippen molar-refractivity contribution in [3.8, 4) is 11.6 Å². The topological polar surface area (TPSA) is 120 Å². The van der Waals surface area contributed by atoms with Gasteiger partial charge in [-0.1, -0.05) is 10.3 Å². The maximum absolute atomic E-state index is 11.9. The molecule has 24 heavy (non-hydrogen) atoms. The van der Waals surface area contributed by atoms with E-state index in [4.69, 9.17) is 13.5 Å². The van der Waals surface area contributed by atoms with Crippen molar-refractivity contribution in [3.05, 3.63) is 36.0 Å². The summed E-state index contributed by atoms with van der Waals surface area (Å²) in [6, 6.07) is 3.48. The number of amides is 1. The van der Waals surface area contributed by atoms with Crippen LogP contribution in [0.5, 0.6) is 0 Å². The summed E-state index contributed by atoms with van der Waals surface area (Å²) in [7, 11) is 0. The number of carbonyl (C=O) groups excluding carboxylic acids is 1. The molecule has 124 valence electrons. The Bertz CT molecular complexity index is 819. The minimum Gasteiger partial charge on any atom is -0.461 e. The maximum Gasteiger partial charge on any atom is 0.238 e. The zero-order valence-corrected chi connectivity index (χ0v) is 12.8. The van der Waals surface area contributed by atoms with E-state index in [2.05, 4.69) is 25.6 Å². The van der Waals surface area contributed by atoms with E-state index in [0.717, 1.165) is 12.8 Å². The Kier molecular flexibility index (Phi) is 3.81. The lowest BCUT2D eigenvalue weighted by atomic mass is 10.3. The molecule has 3 heterocycles. The van der Waals surface area contributed by atoms with Crippen LogP contribution >= 0.6 is 0 Å². The first-order valence-electron chi connectivity index (χ1n) is 7.73. The van der Waals surface area contributed by atoms with Crippen LogP contribution in [0.4, 0.5) is 0 Å². The molecule has 0 aliphatic heterocycles. The standard InChI is InChI=1S/C15H15N5O4/c21-12(16-8-11-17-15(24-19-11)9-3-4-9)5-6-13-18-14(20-23-13)10-2-1-7-22-10/h1-2,7,9H,3-6,8H2,(H,16,21). The first-order valence-corrected chi connectivity index (χ1v) is 7.73. The third-order valence-corrected chi connectivity index (χ3v) is 3.63. The van der Waals surface area contributed by atoms with Crippen molar-refractivity contribution in [3.63, 3.8) is 0 Å². The van der Waals surface area contributed by atoms with Gasteiger partial charge in [0, 0.05) is 18.8 Å². The van der Waals surface area contributed by atoms with Gasteiger partial charge in [-0.15, -0.1) is 0 Å². The Balaban J connectivity index is 1.24. The molecule has 9 nitrogen and oxygen atoms in total. The molecule has 3 aromatic rings. The number of aryl methyl sites for hydroxylation is 1. The molecule has 1 N–H and O–H groups in total. The highest BCUT2D eigenvalue weighted by Gasteiger charge is 2.29. The average molecular weight is 329 g/mol. The summed E-state index contributed by atoms with van der Waals surface area (Å²) in [5.74, 6) is 2.69. The highest BCUT2D eigenvalue weighted by atomic mass is 16.5. The number of hydrogen-bond acceptors (Lipinski definition) is 8. The van der Waals surface area contributed by atoms with Crippen LogP contribution in [0.15, 0.2) is 31.9 Å². The van der Waals surface area contributed by atoms with E-state index in [0.29, 0.717) is 41.5 Å². The lowest BCUT2D eigenvalue weighted by molar-refractivity contribution is -0.121. The molecule has 1 aliphatic carbocycles. The molecule has 1 amide bonds. The van der Waals surface area contributed by atoms with Crippen molar-refractivity contribution < 1.29 is 18.3 Å². The zero-order chi connectivity index (χ0) is 16.4. The Morgan fingerprint density at radius 3 is 2.96 bits per heavy atom. The molecule has 1 fully saturated rings. The lowest BCUT2D eigenvalue weighted by Crippen LogP contribution is -2.23. The monoisotopic (exact) mass is 329 g/mol. The molecule has 0 bridgehead atoms. The minimum atomic E-state index is -0.148. The fourth-order valence-corrected chi connectivity index (χ4v) is 2.18. The predicted molar refractivity (Wildman–Crippen MR) is 78.4 cm³/mol. The molecular formula is C15H15N5O4. The minimum absolute atomic E-state index is 0.148. The number of hydrogen-bond donors (Lipinski definition) is 1. The number of nitrogens with zero attached hydrogens (tertiary/aromatic N) is 4. The summed E-state index contributed by atoms with van der Waals surface area (Å²) in [6.07, 6.45) is 4.30. The third kappa shape index (κ3) is 3.34. The van der Waals surface area contributed by atoms with Gasteiger partial charge in [-0.25, -0.2) is 0 Å². The summed E-state index contributed by atoms with van der Waals surface area (Å²) < 4.78 is 15.4. The second-order valence-corrected chi connectivity index (χ2v) is 5.59. The van der Waals surface area contributed by atoms with Crippen molar-refractivity contribution in [1.29, 1.82) is 0 Å². The van der Waals surface area contributed by atoms with E-state index in [-0.39, 0.29) is 18.9 Å². The van der Waals surface area contributed by atoms with Gasteiger partial charge in [0.1, 0.15) is 0 Å². The molecule has 9 heteroatoms. The molecular weight excluding hydrogens is 314 g/mol. The normalized spacial score (nSPS) is 14.0. The Hall–Kier alpha value is -2.97. The third-order valence-electron chi connectivity index (χ3n) is 3.63. The summed E-state index contributed by atoms with van der Waals surface area (Å²) in [5, 5.41) is 10.4. The number of carbonyl (C=O) groups is 1. The molecule has 1 saturated carbocycles. The fourth-order valence-electron chi connectivity index (χ4n) is 2.18. The van der Waals surface area contributed by atoms with E-state index in [1.54, 1.807) is 12.1 Å². The van der Waals surface area contributed by atoms with Crippen molar-refractivity contribution in [2.45, 2.75) is 38.1 Å². The first kappa shape index (κ1) is 14.6. The molecule has 1 aliphatic rings. The molecule has 0 radical (unpaired) electrons. The fraction of sp³-hybridized carbons (Fsp3) is 0.400. The maximum atomic E-state index is 11.9. The lowest BCUT2D eigenvalue weighted by Gasteiger charge is -1.99. The van der Waals surface area contributed by atoms with E-state index in [1.807, 2.05) is 0 Å². The highest BCUT2D eigenvalue weighted by Crippen LogP contribution is 2.38. The average Bonchev–Trinajstić information content (AvgIpc) is 3.03. The second-order valence-electron chi connectivity index (χ2n) is 5.59. The summed E-state index contributed by atoms with van der Waals surface area (Å²) >= 11 is 0. The highest BCUT2D eigenvalue weighted by molar-refractivity contribution is 5.75. The van der Waals surface area contributed by atoms with Gasteiger partial charge in [0.05, 0.1) is 12.8 Å². The summed E-state index contributed by atoms with van der Waals surface area (Å²) in [5.41, 5.74) is 0. The van der Waals surface area contributed by atoms with Crippen molar-refractivity contribution in [2.75, 3.05) is 0 Å². The van der Waals surface area contributed by atoms with Crippen LogP contribution in [0.25, 0.3) is 11.6 Å². The molecule has 3 aromatic heterocycles. The van der Waals surface area contributed by atoms with Gasteiger partial charge in [0.25, 0.3) is 0 Å². The molecule has 4 rings (SSSR count). The Morgan fingerprint density at radius 1 is 1.25 bits per heavy atom. The van der Waals surface area contributed by atoms with Crippen LogP contribution in [0.1, 0.15) is 42.8 Å². The van der Waals surface area contributed by atoms with Gasteiger partial charge in [-0.3, -0.25) is 4.79 Å². The Morgan fingerprint density at radius 2 is 2.17 bits per heavy atom. The zero-order valence-electron chi connectivity index (χ0n) is 12.8. The van der Waals surface area contributed by atoms with Gasteiger partial charge in [0.2, 0.25) is 23.5 Å². The van der Waals surface area contributed by atoms with E-state index in [1.165, 1.54) is 6.26 Å². The summed E-state index contributed by atoms with van der Waals surface area (Å²) in [4.78, 5) is 20.3. The SMILES string of the molecule is O=C(CCc1nc(-c2ccco2)no1)NCc1noc(C2CC2)n1. The van der Waals surface area contributed by atoms with Crippen molar-refractivity contribution in [1.82, 2.24) is 25.6 Å². The van der Waals surface area contributed by atoms with Crippen LogP contribution in [0.3, 0.4) is 0 Å². The number of aromatic nitrogens is 4. The van der Waals surface area contributed by atoms with Crippen LogP contribution in [0.2, 0.25) is 0 Å². The van der Waals surface area contributed by atoms with Gasteiger partial charge in [-0.2, -0.15) is 9.97 Å². The number of rotatable bonds is 7. The second kappa shape index (κ2) is 6.26. The van der Waals surface area contributed by atoms with Gasteiger partial charge in [0.15, 0.2) is 11.6 Å². The van der Waals surface area contributed by atoms with Gasteiger partial charge < -0.3 is 18.8 Å². The smallest absolute Gasteiger partial charge is 0.238 e. The van der Waals surface area contributed by atoms with Gasteiger partial charge >= 0.3 is 0 Å². The molecule has 0 atom stereocenters. The van der Waals surface area contributed by atoms with E-state index in [9.17, 15) is 4.79 Å². The van der Waals surface area contributed by atoms with Crippen LogP contribution in [-0.4, -0.2) is 26.2 Å². The molecule has 0 spiro atoms. The quantitative estimate of drug-likeness (QED) is 0.697. The van der Waals surface area contributed by atoms with Crippen molar-refractivity contribution in [2.24, 2.45) is 0 Å². The molecule has 0 unspecified atom stereocenters. The van der Waals surface area contributed by atoms with Crippen molar-refractivity contribution >= 4 is 5.91 Å². The van der Waals surface area contributed by atoms with Crippen LogP contribution in [-0.2, 0) is 17.8 Å².